The molecule has 1 aliphatic carbocycles. The van der Waals surface area contributed by atoms with E-state index in [0.29, 0.717) is 6.10 Å². The topological polar surface area (TPSA) is 34.4 Å². The molecule has 1 aromatic carbocycles. The third kappa shape index (κ3) is 2.99. The molecule has 1 heterocycles. The number of hydrogen-bond donors (Lipinski definition) is 1. The third-order valence-electron chi connectivity index (χ3n) is 3.25. The predicted octanol–water partition coefficient (Wildman–Crippen LogP) is 3.52. The van der Waals surface area contributed by atoms with Gasteiger partial charge in [-0.2, -0.15) is 0 Å². The van der Waals surface area contributed by atoms with Gasteiger partial charge in [-0.1, -0.05) is 19.1 Å². The largest absolute Gasteiger partial charge is 0.490 e. The van der Waals surface area contributed by atoms with Gasteiger partial charge in [-0.25, -0.2) is 0 Å². The van der Waals surface area contributed by atoms with Crippen LogP contribution in [-0.2, 0) is 0 Å². The average Bonchev–Trinajstić information content (AvgIpc) is 3.07. The fourth-order valence-corrected chi connectivity index (χ4v) is 2.19. The van der Waals surface area contributed by atoms with E-state index in [1.807, 2.05) is 24.3 Å². The molecule has 0 aliphatic heterocycles. The molecule has 0 bridgehead atoms. The summed E-state index contributed by atoms with van der Waals surface area (Å²) >= 11 is 0. The lowest BCUT2D eigenvalue weighted by Crippen LogP contribution is -2.21. The third-order valence-corrected chi connectivity index (χ3v) is 3.25. The summed E-state index contributed by atoms with van der Waals surface area (Å²) < 4.78 is 11.4. The minimum absolute atomic E-state index is 0.0859. The minimum Gasteiger partial charge on any atom is -0.490 e. The summed E-state index contributed by atoms with van der Waals surface area (Å²) in [6, 6.07) is 12.3. The van der Waals surface area contributed by atoms with Gasteiger partial charge in [0.05, 0.1) is 18.4 Å². The SMILES string of the molecule is CCNC(c1cccc(OC2CC2)c1)c1ccco1. The van der Waals surface area contributed by atoms with E-state index < -0.39 is 0 Å². The van der Waals surface area contributed by atoms with Crippen molar-refractivity contribution in [2.24, 2.45) is 0 Å². The number of benzene rings is 1. The van der Waals surface area contributed by atoms with Crippen LogP contribution in [0.2, 0.25) is 0 Å². The van der Waals surface area contributed by atoms with Gasteiger partial charge in [-0.3, -0.25) is 0 Å². The first-order valence-electron chi connectivity index (χ1n) is 6.90. The summed E-state index contributed by atoms with van der Waals surface area (Å²) in [6.45, 7) is 2.99. The highest BCUT2D eigenvalue weighted by atomic mass is 16.5. The Bertz CT molecular complexity index is 517. The Hall–Kier alpha value is -1.74. The minimum atomic E-state index is 0.0859. The molecular weight excluding hydrogens is 238 g/mol. The van der Waals surface area contributed by atoms with E-state index in [-0.39, 0.29) is 6.04 Å². The van der Waals surface area contributed by atoms with Crippen molar-refractivity contribution in [1.82, 2.24) is 5.32 Å². The second kappa shape index (κ2) is 5.49. The maximum absolute atomic E-state index is 5.85. The van der Waals surface area contributed by atoms with E-state index in [1.165, 1.54) is 18.4 Å². The van der Waals surface area contributed by atoms with Gasteiger partial charge in [0.15, 0.2) is 0 Å². The Labute approximate surface area is 113 Å². The van der Waals surface area contributed by atoms with Crippen molar-refractivity contribution in [2.75, 3.05) is 6.54 Å². The molecule has 1 atom stereocenters. The van der Waals surface area contributed by atoms with Crippen molar-refractivity contribution in [2.45, 2.75) is 31.9 Å². The van der Waals surface area contributed by atoms with Crippen LogP contribution in [0.5, 0.6) is 5.75 Å². The first-order valence-corrected chi connectivity index (χ1v) is 6.90. The van der Waals surface area contributed by atoms with Crippen molar-refractivity contribution >= 4 is 0 Å². The summed E-state index contributed by atoms with van der Waals surface area (Å²) in [5.41, 5.74) is 1.18. The second-order valence-corrected chi connectivity index (χ2v) is 4.90. The zero-order chi connectivity index (χ0) is 13.1. The van der Waals surface area contributed by atoms with E-state index in [2.05, 4.69) is 24.4 Å². The molecule has 3 heteroatoms. The lowest BCUT2D eigenvalue weighted by molar-refractivity contribution is 0.302. The molecule has 3 nitrogen and oxygen atoms in total. The Morgan fingerprint density at radius 2 is 2.21 bits per heavy atom. The van der Waals surface area contributed by atoms with Gasteiger partial charge in [0.1, 0.15) is 11.5 Å². The molecule has 2 aromatic rings. The molecule has 19 heavy (non-hydrogen) atoms. The van der Waals surface area contributed by atoms with Gasteiger partial charge in [0.2, 0.25) is 0 Å². The highest BCUT2D eigenvalue weighted by Crippen LogP contribution is 2.30. The lowest BCUT2D eigenvalue weighted by atomic mass is 10.0. The predicted molar refractivity (Wildman–Crippen MR) is 74.3 cm³/mol. The van der Waals surface area contributed by atoms with Crippen LogP contribution in [0, 0.1) is 0 Å². The molecule has 3 rings (SSSR count). The van der Waals surface area contributed by atoms with E-state index in [0.717, 1.165) is 18.1 Å². The molecule has 1 saturated carbocycles. The van der Waals surface area contributed by atoms with E-state index in [1.54, 1.807) is 6.26 Å². The maximum atomic E-state index is 5.85. The van der Waals surface area contributed by atoms with Crippen molar-refractivity contribution in [3.63, 3.8) is 0 Å². The van der Waals surface area contributed by atoms with Gasteiger partial charge >= 0.3 is 0 Å². The van der Waals surface area contributed by atoms with Crippen LogP contribution < -0.4 is 10.1 Å². The molecule has 0 radical (unpaired) electrons. The Morgan fingerprint density at radius 1 is 1.32 bits per heavy atom. The quantitative estimate of drug-likeness (QED) is 0.859. The van der Waals surface area contributed by atoms with Crippen LogP contribution in [0.15, 0.2) is 47.1 Å². The van der Waals surface area contributed by atoms with Crippen LogP contribution in [0.1, 0.15) is 37.1 Å². The summed E-state index contributed by atoms with van der Waals surface area (Å²) in [4.78, 5) is 0. The Balaban J connectivity index is 1.84. The fourth-order valence-electron chi connectivity index (χ4n) is 2.19. The van der Waals surface area contributed by atoms with Crippen molar-refractivity contribution < 1.29 is 9.15 Å². The van der Waals surface area contributed by atoms with E-state index in [9.17, 15) is 0 Å². The monoisotopic (exact) mass is 257 g/mol. The molecule has 100 valence electrons. The van der Waals surface area contributed by atoms with Crippen LogP contribution in [0.3, 0.4) is 0 Å². The standard InChI is InChI=1S/C16H19NO2/c1-2-17-16(15-7-4-10-18-15)12-5-3-6-14(11-12)19-13-8-9-13/h3-7,10-11,13,16-17H,2,8-9H2,1H3. The van der Waals surface area contributed by atoms with Crippen molar-refractivity contribution in [3.05, 3.63) is 54.0 Å². The smallest absolute Gasteiger partial charge is 0.125 e. The second-order valence-electron chi connectivity index (χ2n) is 4.90. The van der Waals surface area contributed by atoms with Crippen LogP contribution >= 0.6 is 0 Å². The van der Waals surface area contributed by atoms with Gasteiger partial charge in [-0.05, 0) is 49.2 Å². The van der Waals surface area contributed by atoms with Gasteiger partial charge in [0, 0.05) is 0 Å². The first kappa shape index (κ1) is 12.3. The summed E-state index contributed by atoms with van der Waals surface area (Å²) in [7, 11) is 0. The molecule has 0 spiro atoms. The number of nitrogens with one attached hydrogen (secondary N) is 1. The average molecular weight is 257 g/mol. The lowest BCUT2D eigenvalue weighted by Gasteiger charge is -2.17. The molecule has 0 amide bonds. The zero-order valence-corrected chi connectivity index (χ0v) is 11.1. The summed E-state index contributed by atoms with van der Waals surface area (Å²) in [5.74, 6) is 1.89. The highest BCUT2D eigenvalue weighted by molar-refractivity contribution is 5.34. The van der Waals surface area contributed by atoms with Crippen molar-refractivity contribution in [3.8, 4) is 5.75 Å². The fraction of sp³-hybridized carbons (Fsp3) is 0.375. The number of ether oxygens (including phenoxy) is 1. The number of hydrogen-bond acceptors (Lipinski definition) is 3. The zero-order valence-electron chi connectivity index (χ0n) is 11.1. The normalized spacial score (nSPS) is 16.3. The van der Waals surface area contributed by atoms with Gasteiger partial charge < -0.3 is 14.5 Å². The van der Waals surface area contributed by atoms with E-state index in [4.69, 9.17) is 9.15 Å². The van der Waals surface area contributed by atoms with Crippen molar-refractivity contribution in [1.29, 1.82) is 0 Å². The number of furan rings is 1. The molecule has 0 saturated heterocycles. The highest BCUT2D eigenvalue weighted by Gasteiger charge is 2.24. The van der Waals surface area contributed by atoms with E-state index >= 15 is 0 Å². The molecule has 1 unspecified atom stereocenters. The molecule has 1 aliphatic rings. The summed E-state index contributed by atoms with van der Waals surface area (Å²) in [5, 5.41) is 3.45. The molecule has 1 N–H and O–H groups in total. The molecule has 1 fully saturated rings. The Morgan fingerprint density at radius 3 is 2.89 bits per heavy atom. The van der Waals surface area contributed by atoms with Crippen LogP contribution in [-0.4, -0.2) is 12.6 Å². The first-order chi connectivity index (χ1) is 9.36. The maximum Gasteiger partial charge on any atom is 0.125 e. The molecule has 1 aromatic heterocycles. The van der Waals surface area contributed by atoms with Crippen LogP contribution in [0.4, 0.5) is 0 Å². The van der Waals surface area contributed by atoms with Gasteiger partial charge in [-0.15, -0.1) is 0 Å². The van der Waals surface area contributed by atoms with Gasteiger partial charge in [0.25, 0.3) is 0 Å². The number of rotatable bonds is 6. The molecular formula is C16H19NO2. The Kier molecular flexibility index (Phi) is 3.56. The summed E-state index contributed by atoms with van der Waals surface area (Å²) in [6.07, 6.45) is 4.50. The van der Waals surface area contributed by atoms with Crippen LogP contribution in [0.25, 0.3) is 0 Å².